The summed E-state index contributed by atoms with van der Waals surface area (Å²) in [5.41, 5.74) is 5.73. The molecule has 1 aromatic carbocycles. The molecule has 2 atom stereocenters. The first-order valence-corrected chi connectivity index (χ1v) is 4.34. The molecule has 0 radical (unpaired) electrons. The van der Waals surface area contributed by atoms with E-state index in [0.29, 0.717) is 12.0 Å². The molecule has 0 bridgehead atoms. The van der Waals surface area contributed by atoms with E-state index in [1.807, 2.05) is 0 Å². The SMILES string of the molecule is NC(=O)[C@@H]1C[C@@H]1c1ccc(F)c(F)c1. The molecular weight excluding hydrogens is 188 g/mol. The molecule has 2 rings (SSSR count). The maximum Gasteiger partial charge on any atom is 0.221 e. The van der Waals surface area contributed by atoms with E-state index < -0.39 is 11.6 Å². The normalized spacial score (nSPS) is 24.7. The van der Waals surface area contributed by atoms with Crippen LogP contribution in [0.2, 0.25) is 0 Å². The number of carbonyl (C=O) groups excluding carboxylic acids is 1. The second-order valence-corrected chi connectivity index (χ2v) is 3.52. The number of nitrogens with two attached hydrogens (primary N) is 1. The minimum atomic E-state index is -0.877. The molecule has 1 aliphatic rings. The zero-order valence-electron chi connectivity index (χ0n) is 7.34. The molecule has 14 heavy (non-hydrogen) atoms. The Morgan fingerprint density at radius 1 is 1.36 bits per heavy atom. The Kier molecular flexibility index (Phi) is 1.98. The third kappa shape index (κ3) is 1.47. The first-order chi connectivity index (χ1) is 6.59. The summed E-state index contributed by atoms with van der Waals surface area (Å²) in [6.45, 7) is 0. The van der Waals surface area contributed by atoms with Crippen LogP contribution in [0.4, 0.5) is 8.78 Å². The molecule has 0 unspecified atom stereocenters. The standard InChI is InChI=1S/C10H9F2NO/c11-8-2-1-5(3-9(8)12)6-4-7(6)10(13)14/h1-3,6-7H,4H2,(H2,13,14)/t6-,7-/m1/s1. The maximum absolute atomic E-state index is 12.8. The number of rotatable bonds is 2. The second kappa shape index (κ2) is 3.04. The summed E-state index contributed by atoms with van der Waals surface area (Å²) in [6.07, 6.45) is 0.639. The van der Waals surface area contributed by atoms with Gasteiger partial charge in [0.15, 0.2) is 11.6 Å². The molecule has 0 saturated heterocycles. The zero-order chi connectivity index (χ0) is 10.3. The van der Waals surface area contributed by atoms with E-state index in [1.165, 1.54) is 6.07 Å². The van der Waals surface area contributed by atoms with Crippen molar-refractivity contribution in [1.82, 2.24) is 0 Å². The number of benzene rings is 1. The van der Waals surface area contributed by atoms with Crippen molar-refractivity contribution in [2.24, 2.45) is 11.7 Å². The Balaban J connectivity index is 2.20. The van der Waals surface area contributed by atoms with Crippen LogP contribution in [0, 0.1) is 17.6 Å². The predicted molar refractivity (Wildman–Crippen MR) is 46.4 cm³/mol. The number of carbonyl (C=O) groups is 1. The number of halogens is 2. The highest BCUT2D eigenvalue weighted by Crippen LogP contribution is 2.47. The van der Waals surface area contributed by atoms with Crippen LogP contribution < -0.4 is 5.73 Å². The summed E-state index contributed by atoms with van der Waals surface area (Å²) in [5.74, 6) is -2.36. The highest BCUT2D eigenvalue weighted by atomic mass is 19.2. The van der Waals surface area contributed by atoms with Crippen LogP contribution in [0.25, 0.3) is 0 Å². The van der Waals surface area contributed by atoms with E-state index in [1.54, 1.807) is 0 Å². The van der Waals surface area contributed by atoms with Crippen molar-refractivity contribution in [3.63, 3.8) is 0 Å². The van der Waals surface area contributed by atoms with Crippen molar-refractivity contribution in [3.05, 3.63) is 35.4 Å². The molecule has 4 heteroatoms. The van der Waals surface area contributed by atoms with Crippen molar-refractivity contribution >= 4 is 5.91 Å². The average molecular weight is 197 g/mol. The van der Waals surface area contributed by atoms with Gasteiger partial charge >= 0.3 is 0 Å². The van der Waals surface area contributed by atoms with Crippen LogP contribution >= 0.6 is 0 Å². The Morgan fingerprint density at radius 3 is 2.57 bits per heavy atom. The molecule has 1 aliphatic carbocycles. The van der Waals surface area contributed by atoms with E-state index in [0.717, 1.165) is 12.1 Å². The summed E-state index contributed by atoms with van der Waals surface area (Å²) in [6, 6.07) is 3.69. The van der Waals surface area contributed by atoms with Gasteiger partial charge in [0.2, 0.25) is 5.91 Å². The predicted octanol–water partition coefficient (Wildman–Crippen LogP) is 1.55. The Labute approximate surface area is 79.7 Å². The lowest BCUT2D eigenvalue weighted by molar-refractivity contribution is -0.119. The van der Waals surface area contributed by atoms with Gasteiger partial charge in [0, 0.05) is 5.92 Å². The van der Waals surface area contributed by atoms with Gasteiger partial charge in [-0.25, -0.2) is 8.78 Å². The first kappa shape index (κ1) is 9.12. The Bertz CT molecular complexity index is 392. The highest BCUT2D eigenvalue weighted by molar-refractivity contribution is 5.81. The largest absolute Gasteiger partial charge is 0.369 e. The van der Waals surface area contributed by atoms with Crippen LogP contribution in [0.1, 0.15) is 17.9 Å². The molecule has 2 nitrogen and oxygen atoms in total. The molecule has 0 heterocycles. The third-order valence-electron chi connectivity index (χ3n) is 2.53. The monoisotopic (exact) mass is 197 g/mol. The molecular formula is C10H9F2NO. The Morgan fingerprint density at radius 2 is 2.07 bits per heavy atom. The number of amides is 1. The fourth-order valence-electron chi connectivity index (χ4n) is 1.62. The van der Waals surface area contributed by atoms with Gasteiger partial charge in [0.1, 0.15) is 0 Å². The van der Waals surface area contributed by atoms with Gasteiger partial charge < -0.3 is 5.73 Å². The maximum atomic E-state index is 12.8. The lowest BCUT2D eigenvalue weighted by Gasteiger charge is -1.99. The molecule has 1 aromatic rings. The summed E-state index contributed by atoms with van der Waals surface area (Å²) in [5, 5.41) is 0. The number of primary amides is 1. The third-order valence-corrected chi connectivity index (χ3v) is 2.53. The molecule has 2 N–H and O–H groups in total. The van der Waals surface area contributed by atoms with Gasteiger partial charge in [-0.15, -0.1) is 0 Å². The molecule has 74 valence electrons. The minimum absolute atomic E-state index is 0.0254. The van der Waals surface area contributed by atoms with E-state index in [2.05, 4.69) is 0 Å². The van der Waals surface area contributed by atoms with Crippen LogP contribution in [0.15, 0.2) is 18.2 Å². The quantitative estimate of drug-likeness (QED) is 0.768. The molecule has 1 fully saturated rings. The molecule has 0 aromatic heterocycles. The van der Waals surface area contributed by atoms with Crippen molar-refractivity contribution in [2.75, 3.05) is 0 Å². The summed E-state index contributed by atoms with van der Waals surface area (Å²) in [7, 11) is 0. The first-order valence-electron chi connectivity index (χ1n) is 4.34. The zero-order valence-corrected chi connectivity index (χ0v) is 7.34. The van der Waals surface area contributed by atoms with Crippen LogP contribution in [0.3, 0.4) is 0 Å². The number of hydrogen-bond donors (Lipinski definition) is 1. The smallest absolute Gasteiger partial charge is 0.221 e. The average Bonchev–Trinajstić information content (AvgIpc) is 2.89. The molecule has 1 amide bonds. The van der Waals surface area contributed by atoms with Crippen molar-refractivity contribution in [3.8, 4) is 0 Å². The van der Waals surface area contributed by atoms with Gasteiger partial charge in [-0.1, -0.05) is 6.07 Å². The van der Waals surface area contributed by atoms with Gasteiger partial charge in [-0.2, -0.15) is 0 Å². The van der Waals surface area contributed by atoms with Gasteiger partial charge in [-0.05, 0) is 30.0 Å². The summed E-state index contributed by atoms with van der Waals surface area (Å²) >= 11 is 0. The Hall–Kier alpha value is -1.45. The molecule has 1 saturated carbocycles. The minimum Gasteiger partial charge on any atom is -0.369 e. The summed E-state index contributed by atoms with van der Waals surface area (Å²) < 4.78 is 25.4. The van der Waals surface area contributed by atoms with Gasteiger partial charge in [-0.3, -0.25) is 4.79 Å². The highest BCUT2D eigenvalue weighted by Gasteiger charge is 2.42. The lowest BCUT2D eigenvalue weighted by atomic mass is 10.1. The van der Waals surface area contributed by atoms with Crippen molar-refractivity contribution in [2.45, 2.75) is 12.3 Å². The van der Waals surface area contributed by atoms with E-state index in [4.69, 9.17) is 5.73 Å². The van der Waals surface area contributed by atoms with E-state index in [-0.39, 0.29) is 17.7 Å². The van der Waals surface area contributed by atoms with E-state index >= 15 is 0 Å². The molecule has 0 aliphatic heterocycles. The molecule has 0 spiro atoms. The van der Waals surface area contributed by atoms with Crippen LogP contribution in [-0.2, 0) is 4.79 Å². The van der Waals surface area contributed by atoms with E-state index in [9.17, 15) is 13.6 Å². The van der Waals surface area contributed by atoms with Gasteiger partial charge in [0.25, 0.3) is 0 Å². The van der Waals surface area contributed by atoms with Crippen LogP contribution in [-0.4, -0.2) is 5.91 Å². The fraction of sp³-hybridized carbons (Fsp3) is 0.300. The van der Waals surface area contributed by atoms with Crippen molar-refractivity contribution < 1.29 is 13.6 Å². The van der Waals surface area contributed by atoms with Crippen molar-refractivity contribution in [1.29, 1.82) is 0 Å². The lowest BCUT2D eigenvalue weighted by Crippen LogP contribution is -2.13. The topological polar surface area (TPSA) is 43.1 Å². The van der Waals surface area contributed by atoms with Crippen LogP contribution in [0.5, 0.6) is 0 Å². The second-order valence-electron chi connectivity index (χ2n) is 3.52. The summed E-state index contributed by atoms with van der Waals surface area (Å²) in [4.78, 5) is 10.8. The van der Waals surface area contributed by atoms with Gasteiger partial charge in [0.05, 0.1) is 0 Å². The fourth-order valence-corrected chi connectivity index (χ4v) is 1.62. The number of hydrogen-bond acceptors (Lipinski definition) is 1.